The number of ether oxygens (including phenoxy) is 1. The molecular weight excluding hydrogens is 290 g/mol. The summed E-state index contributed by atoms with van der Waals surface area (Å²) in [7, 11) is 0. The molecule has 1 aliphatic heterocycles. The minimum Gasteiger partial charge on any atom is -0.365 e. The molecule has 20 heavy (non-hydrogen) atoms. The highest BCUT2D eigenvalue weighted by Crippen LogP contribution is 2.30. The van der Waals surface area contributed by atoms with E-state index in [0.29, 0.717) is 6.20 Å². The Morgan fingerprint density at radius 2 is 1.85 bits per heavy atom. The normalized spacial score (nSPS) is 24.7. The van der Waals surface area contributed by atoms with Crippen molar-refractivity contribution in [2.75, 3.05) is 13.2 Å². The Morgan fingerprint density at radius 3 is 2.25 bits per heavy atom. The second kappa shape index (κ2) is 5.21. The molecule has 3 nitrogen and oxygen atoms in total. The van der Waals surface area contributed by atoms with E-state index >= 15 is 0 Å². The number of hydrogen-bond acceptors (Lipinski definition) is 3. The van der Waals surface area contributed by atoms with Gasteiger partial charge in [-0.2, -0.15) is 26.3 Å². The van der Waals surface area contributed by atoms with Crippen LogP contribution in [0.25, 0.3) is 0 Å². The Balaban J connectivity index is 2.01. The zero-order valence-electron chi connectivity index (χ0n) is 9.92. The Kier molecular flexibility index (Phi) is 3.92. The number of halogens is 6. The summed E-state index contributed by atoms with van der Waals surface area (Å²) in [6, 6.07) is 1.30. The lowest BCUT2D eigenvalue weighted by molar-refractivity contribution is -0.229. The van der Waals surface area contributed by atoms with Crippen LogP contribution in [0, 0.1) is 0 Å². The van der Waals surface area contributed by atoms with E-state index in [-0.39, 0.29) is 12.3 Å². The highest BCUT2D eigenvalue weighted by molar-refractivity contribution is 5.19. The van der Waals surface area contributed by atoms with E-state index < -0.39 is 36.6 Å². The van der Waals surface area contributed by atoms with Crippen LogP contribution in [0.2, 0.25) is 0 Å². The number of nitrogens with one attached hydrogen (secondary N) is 1. The van der Waals surface area contributed by atoms with Gasteiger partial charge in [0.25, 0.3) is 0 Å². The Morgan fingerprint density at radius 1 is 1.15 bits per heavy atom. The molecule has 2 heterocycles. The predicted molar refractivity (Wildman–Crippen MR) is 55.8 cm³/mol. The lowest BCUT2D eigenvalue weighted by atomic mass is 10.1. The van der Waals surface area contributed by atoms with Crippen LogP contribution >= 0.6 is 0 Å². The molecule has 1 aromatic rings. The monoisotopic (exact) mass is 300 g/mol. The molecule has 1 saturated heterocycles. The molecule has 2 rings (SSSR count). The maximum absolute atomic E-state index is 12.3. The van der Waals surface area contributed by atoms with Crippen LogP contribution in [-0.4, -0.2) is 30.4 Å². The smallest absolute Gasteiger partial charge is 0.365 e. The van der Waals surface area contributed by atoms with Gasteiger partial charge in [0, 0.05) is 12.7 Å². The van der Waals surface area contributed by atoms with Gasteiger partial charge in [0.1, 0.15) is 0 Å². The van der Waals surface area contributed by atoms with Crippen molar-refractivity contribution < 1.29 is 31.1 Å². The first-order valence-corrected chi connectivity index (χ1v) is 5.63. The zero-order chi connectivity index (χ0) is 15.0. The molecule has 1 fully saturated rings. The third-order valence-corrected chi connectivity index (χ3v) is 2.85. The Hall–Kier alpha value is -1.35. The highest BCUT2D eigenvalue weighted by Gasteiger charge is 2.43. The molecule has 0 aliphatic carbocycles. The quantitative estimate of drug-likeness (QED) is 0.810. The molecule has 0 bridgehead atoms. The third kappa shape index (κ3) is 3.40. The van der Waals surface area contributed by atoms with Gasteiger partial charge in [-0.15, -0.1) is 0 Å². The summed E-state index contributed by atoms with van der Waals surface area (Å²) in [5.41, 5.74) is -0.704. The van der Waals surface area contributed by atoms with Crippen LogP contribution in [0.15, 0.2) is 18.3 Å². The SMILES string of the molecule is FC(F)(F)c1ccc(C2COC(C(F)(F)F)CN2)nc1. The van der Waals surface area contributed by atoms with Gasteiger partial charge in [0.15, 0.2) is 6.10 Å². The average molecular weight is 300 g/mol. The fourth-order valence-electron chi connectivity index (χ4n) is 1.76. The van der Waals surface area contributed by atoms with E-state index in [2.05, 4.69) is 15.0 Å². The molecule has 2 unspecified atom stereocenters. The van der Waals surface area contributed by atoms with Gasteiger partial charge in [0.05, 0.1) is 23.9 Å². The van der Waals surface area contributed by atoms with Crippen molar-refractivity contribution in [3.63, 3.8) is 0 Å². The van der Waals surface area contributed by atoms with Crippen LogP contribution in [0.5, 0.6) is 0 Å². The third-order valence-electron chi connectivity index (χ3n) is 2.85. The number of aromatic nitrogens is 1. The first kappa shape index (κ1) is 15.0. The van der Waals surface area contributed by atoms with Gasteiger partial charge in [0.2, 0.25) is 0 Å². The standard InChI is InChI=1S/C11H10F6N2O/c12-10(13,14)6-1-2-7(18-3-6)8-5-20-9(4-19-8)11(15,16)17/h1-3,8-9,19H,4-5H2. The van der Waals surface area contributed by atoms with Gasteiger partial charge >= 0.3 is 12.4 Å². The molecule has 112 valence electrons. The fraction of sp³-hybridized carbons (Fsp3) is 0.545. The number of pyridine rings is 1. The van der Waals surface area contributed by atoms with Gasteiger partial charge in [-0.25, -0.2) is 0 Å². The molecule has 1 aliphatic rings. The van der Waals surface area contributed by atoms with Gasteiger partial charge in [-0.1, -0.05) is 0 Å². The molecule has 0 spiro atoms. The molecule has 2 atom stereocenters. The van der Waals surface area contributed by atoms with E-state index in [1.807, 2.05) is 0 Å². The molecule has 0 aromatic carbocycles. The van der Waals surface area contributed by atoms with E-state index in [0.717, 1.165) is 12.1 Å². The molecule has 0 radical (unpaired) electrons. The summed E-state index contributed by atoms with van der Waals surface area (Å²) < 4.78 is 78.7. The maximum atomic E-state index is 12.3. The van der Waals surface area contributed by atoms with Gasteiger partial charge in [-0.3, -0.25) is 4.98 Å². The second-order valence-electron chi connectivity index (χ2n) is 4.29. The summed E-state index contributed by atoms with van der Waals surface area (Å²) in [4.78, 5) is 3.61. The van der Waals surface area contributed by atoms with Crippen molar-refractivity contribution in [1.29, 1.82) is 0 Å². The minimum atomic E-state index is -4.50. The number of nitrogens with zero attached hydrogens (tertiary/aromatic N) is 1. The fourth-order valence-corrected chi connectivity index (χ4v) is 1.76. The van der Waals surface area contributed by atoms with Crippen molar-refractivity contribution in [3.8, 4) is 0 Å². The Bertz CT molecular complexity index is 447. The lowest BCUT2D eigenvalue weighted by Crippen LogP contribution is -2.48. The molecule has 0 saturated carbocycles. The highest BCUT2D eigenvalue weighted by atomic mass is 19.4. The van der Waals surface area contributed by atoms with E-state index in [1.165, 1.54) is 0 Å². The predicted octanol–water partition coefficient (Wildman–Crippen LogP) is 2.69. The van der Waals surface area contributed by atoms with Crippen LogP contribution < -0.4 is 5.32 Å². The molecule has 1 aromatic heterocycles. The number of rotatable bonds is 1. The van der Waals surface area contributed by atoms with Crippen molar-refractivity contribution in [3.05, 3.63) is 29.6 Å². The minimum absolute atomic E-state index is 0.207. The summed E-state index contributed by atoms with van der Waals surface area (Å²) >= 11 is 0. The molecule has 1 N–H and O–H groups in total. The number of hydrogen-bond donors (Lipinski definition) is 1. The van der Waals surface area contributed by atoms with Gasteiger partial charge < -0.3 is 10.1 Å². The summed E-state index contributed by atoms with van der Waals surface area (Å²) in [5, 5.41) is 2.56. The topological polar surface area (TPSA) is 34.1 Å². The van der Waals surface area contributed by atoms with Crippen molar-refractivity contribution in [1.82, 2.24) is 10.3 Å². The zero-order valence-corrected chi connectivity index (χ0v) is 9.92. The summed E-state index contributed by atoms with van der Waals surface area (Å²) in [6.07, 6.45) is -10.2. The van der Waals surface area contributed by atoms with Crippen LogP contribution in [0.4, 0.5) is 26.3 Å². The summed E-state index contributed by atoms with van der Waals surface area (Å²) in [5.74, 6) is 0. The largest absolute Gasteiger partial charge is 0.417 e. The van der Waals surface area contributed by atoms with Crippen LogP contribution in [0.3, 0.4) is 0 Å². The average Bonchev–Trinajstić information content (AvgIpc) is 2.37. The lowest BCUT2D eigenvalue weighted by Gasteiger charge is -2.31. The van der Waals surface area contributed by atoms with Crippen LogP contribution in [0.1, 0.15) is 17.3 Å². The van der Waals surface area contributed by atoms with Crippen LogP contribution in [-0.2, 0) is 10.9 Å². The second-order valence-corrected chi connectivity index (χ2v) is 4.29. The first-order chi connectivity index (χ1) is 9.18. The molecular formula is C11H10F6N2O. The van der Waals surface area contributed by atoms with E-state index in [4.69, 9.17) is 0 Å². The number of morpholine rings is 1. The van der Waals surface area contributed by atoms with E-state index in [1.54, 1.807) is 0 Å². The van der Waals surface area contributed by atoms with Gasteiger partial charge in [-0.05, 0) is 12.1 Å². The number of alkyl halides is 6. The maximum Gasteiger partial charge on any atom is 0.417 e. The van der Waals surface area contributed by atoms with E-state index in [9.17, 15) is 26.3 Å². The summed E-state index contributed by atoms with van der Waals surface area (Å²) in [6.45, 7) is -0.764. The van der Waals surface area contributed by atoms with Crippen molar-refractivity contribution in [2.24, 2.45) is 0 Å². The molecule has 0 amide bonds. The Labute approximate surface area is 109 Å². The van der Waals surface area contributed by atoms with Crippen molar-refractivity contribution in [2.45, 2.75) is 24.5 Å². The molecule has 9 heteroatoms. The van der Waals surface area contributed by atoms with Crippen molar-refractivity contribution >= 4 is 0 Å². The first-order valence-electron chi connectivity index (χ1n) is 5.63.